The van der Waals surface area contributed by atoms with Gasteiger partial charge in [-0.3, -0.25) is 5.41 Å². The first-order valence-electron chi connectivity index (χ1n) is 6.19. The van der Waals surface area contributed by atoms with E-state index in [2.05, 4.69) is 22.7 Å². The third-order valence-electron chi connectivity index (χ3n) is 3.16. The molecule has 0 spiro atoms. The van der Waals surface area contributed by atoms with Gasteiger partial charge in [-0.2, -0.15) is 5.10 Å². The van der Waals surface area contributed by atoms with Crippen LogP contribution in [0.4, 0.5) is 0 Å². The molecule has 0 amide bonds. The first kappa shape index (κ1) is 15.4. The maximum absolute atomic E-state index is 7.61. The SMILES string of the molecule is CNC(C)/C(=C\NCC1CC1)C/C(=N/N)C(=N)I. The summed E-state index contributed by atoms with van der Waals surface area (Å²) in [4.78, 5) is 0. The zero-order chi connectivity index (χ0) is 13.5. The zero-order valence-corrected chi connectivity index (χ0v) is 13.1. The predicted octanol–water partition coefficient (Wildman–Crippen LogP) is 1.59. The van der Waals surface area contributed by atoms with Crippen LogP contribution in [-0.2, 0) is 0 Å². The minimum absolute atomic E-state index is 0.240. The van der Waals surface area contributed by atoms with Gasteiger partial charge in [-0.05, 0) is 67.1 Å². The van der Waals surface area contributed by atoms with E-state index >= 15 is 0 Å². The van der Waals surface area contributed by atoms with Crippen LogP contribution in [0.15, 0.2) is 16.9 Å². The van der Waals surface area contributed by atoms with E-state index in [4.69, 9.17) is 11.3 Å². The molecule has 6 heteroatoms. The van der Waals surface area contributed by atoms with Crippen LogP contribution in [0.5, 0.6) is 0 Å². The van der Waals surface area contributed by atoms with Crippen LogP contribution in [0.2, 0.25) is 0 Å². The molecule has 0 aromatic rings. The fourth-order valence-corrected chi connectivity index (χ4v) is 1.90. The molecule has 0 saturated heterocycles. The number of likely N-dealkylation sites (N-methyl/N-ethyl adjacent to an activating group) is 1. The molecule has 1 atom stereocenters. The van der Waals surface area contributed by atoms with E-state index < -0.39 is 0 Å². The van der Waals surface area contributed by atoms with Crippen molar-refractivity contribution in [3.63, 3.8) is 0 Å². The number of nitrogens with zero attached hydrogens (tertiary/aromatic N) is 1. The summed E-state index contributed by atoms with van der Waals surface area (Å²) in [5.74, 6) is 6.17. The van der Waals surface area contributed by atoms with Gasteiger partial charge in [0.25, 0.3) is 0 Å². The summed E-state index contributed by atoms with van der Waals surface area (Å²) in [5, 5.41) is 17.9. The Bertz CT molecular complexity index is 346. The molecule has 0 aromatic heterocycles. The number of hydrogen-bond acceptors (Lipinski definition) is 5. The molecule has 5 nitrogen and oxygen atoms in total. The molecule has 1 fully saturated rings. The fraction of sp³-hybridized carbons (Fsp3) is 0.667. The van der Waals surface area contributed by atoms with Crippen LogP contribution in [0, 0.1) is 11.3 Å². The van der Waals surface area contributed by atoms with Crippen molar-refractivity contribution >= 4 is 32.0 Å². The van der Waals surface area contributed by atoms with E-state index in [0.717, 1.165) is 12.5 Å². The van der Waals surface area contributed by atoms with Crippen molar-refractivity contribution < 1.29 is 0 Å². The average molecular weight is 363 g/mol. The lowest BCUT2D eigenvalue weighted by Gasteiger charge is -2.16. The Morgan fingerprint density at radius 2 is 2.28 bits per heavy atom. The van der Waals surface area contributed by atoms with Crippen molar-refractivity contribution in [1.82, 2.24) is 10.6 Å². The molecule has 1 saturated carbocycles. The van der Waals surface area contributed by atoms with Gasteiger partial charge in [0.2, 0.25) is 0 Å². The molecule has 18 heavy (non-hydrogen) atoms. The second-order valence-corrected chi connectivity index (χ2v) is 5.73. The van der Waals surface area contributed by atoms with E-state index in [0.29, 0.717) is 15.9 Å². The van der Waals surface area contributed by atoms with E-state index in [-0.39, 0.29) is 6.04 Å². The Balaban J connectivity index is 2.60. The summed E-state index contributed by atoms with van der Waals surface area (Å²) >= 11 is 1.94. The highest BCUT2D eigenvalue weighted by Gasteiger charge is 2.20. The lowest BCUT2D eigenvalue weighted by molar-refractivity contribution is 0.666. The van der Waals surface area contributed by atoms with Gasteiger partial charge < -0.3 is 16.5 Å². The quantitative estimate of drug-likeness (QED) is 0.229. The van der Waals surface area contributed by atoms with Gasteiger partial charge in [-0.1, -0.05) is 0 Å². The maximum atomic E-state index is 7.61. The Kier molecular flexibility index (Phi) is 6.62. The van der Waals surface area contributed by atoms with Crippen molar-refractivity contribution in [2.75, 3.05) is 13.6 Å². The molecule has 0 aromatic carbocycles. The van der Waals surface area contributed by atoms with Crippen molar-refractivity contribution in [2.45, 2.75) is 32.2 Å². The van der Waals surface area contributed by atoms with Gasteiger partial charge in [0.15, 0.2) is 0 Å². The van der Waals surface area contributed by atoms with Crippen LogP contribution in [0.25, 0.3) is 0 Å². The highest BCUT2D eigenvalue weighted by Crippen LogP contribution is 2.27. The number of halogens is 1. The van der Waals surface area contributed by atoms with Gasteiger partial charge >= 0.3 is 0 Å². The second kappa shape index (κ2) is 7.73. The van der Waals surface area contributed by atoms with Crippen LogP contribution < -0.4 is 16.5 Å². The number of rotatable bonds is 8. The number of hydrazone groups is 1. The summed E-state index contributed by atoms with van der Waals surface area (Å²) in [5.41, 5.74) is 1.79. The Morgan fingerprint density at radius 3 is 2.72 bits per heavy atom. The Morgan fingerprint density at radius 1 is 1.61 bits per heavy atom. The first-order chi connectivity index (χ1) is 8.58. The number of nitrogens with two attached hydrogens (primary N) is 1. The summed E-state index contributed by atoms with van der Waals surface area (Å²) < 4.78 is 0.395. The largest absolute Gasteiger partial charge is 0.391 e. The molecular formula is C12H22IN5. The van der Waals surface area contributed by atoms with Gasteiger partial charge in [-0.25, -0.2) is 0 Å². The van der Waals surface area contributed by atoms with Crippen molar-refractivity contribution in [3.8, 4) is 0 Å². The minimum Gasteiger partial charge on any atom is -0.391 e. The second-order valence-electron chi connectivity index (χ2n) is 4.65. The third kappa shape index (κ3) is 5.34. The van der Waals surface area contributed by atoms with Crippen molar-refractivity contribution in [2.24, 2.45) is 16.9 Å². The molecule has 102 valence electrons. The monoisotopic (exact) mass is 363 g/mol. The molecule has 0 radical (unpaired) electrons. The standard InChI is InChI=1S/C12H22IN5/c1-8(16-2)10(5-11(18-15)12(13)14)7-17-6-9-3-4-9/h7-9,14,16-17H,3-6,15H2,1-2H3/b10-7-,14-12?,18-11-. The van der Waals surface area contributed by atoms with E-state index in [1.165, 1.54) is 18.4 Å². The Hall–Kier alpha value is -0.630. The normalized spacial score (nSPS) is 18.6. The van der Waals surface area contributed by atoms with Gasteiger partial charge in [-0.15, -0.1) is 0 Å². The molecule has 1 aliphatic carbocycles. The summed E-state index contributed by atoms with van der Waals surface area (Å²) in [6.45, 7) is 3.13. The smallest absolute Gasteiger partial charge is 0.116 e. The lowest BCUT2D eigenvalue weighted by atomic mass is 10.0. The first-order valence-corrected chi connectivity index (χ1v) is 7.27. The third-order valence-corrected chi connectivity index (χ3v) is 3.78. The van der Waals surface area contributed by atoms with E-state index in [1.54, 1.807) is 0 Å². The van der Waals surface area contributed by atoms with Crippen molar-refractivity contribution in [1.29, 1.82) is 5.41 Å². The number of hydrogen-bond donors (Lipinski definition) is 4. The Labute approximate surface area is 122 Å². The number of nitrogens with one attached hydrogen (secondary N) is 3. The van der Waals surface area contributed by atoms with Gasteiger partial charge in [0.1, 0.15) is 3.72 Å². The topological polar surface area (TPSA) is 86.3 Å². The fourth-order valence-electron chi connectivity index (χ4n) is 1.57. The van der Waals surface area contributed by atoms with Crippen molar-refractivity contribution in [3.05, 3.63) is 11.8 Å². The van der Waals surface area contributed by atoms with E-state index in [1.807, 2.05) is 35.8 Å². The van der Waals surface area contributed by atoms with Crippen LogP contribution in [0.1, 0.15) is 26.2 Å². The molecule has 0 aliphatic heterocycles. The predicted molar refractivity (Wildman–Crippen MR) is 85.3 cm³/mol. The highest BCUT2D eigenvalue weighted by molar-refractivity contribution is 14.1. The van der Waals surface area contributed by atoms with Crippen LogP contribution in [-0.4, -0.2) is 29.1 Å². The minimum atomic E-state index is 0.240. The molecule has 5 N–H and O–H groups in total. The molecule has 1 unspecified atom stereocenters. The van der Waals surface area contributed by atoms with E-state index in [9.17, 15) is 0 Å². The van der Waals surface area contributed by atoms with Gasteiger partial charge in [0, 0.05) is 19.0 Å². The summed E-state index contributed by atoms with van der Waals surface area (Å²) in [7, 11) is 1.92. The molecule has 1 aliphatic rings. The molecule has 1 rings (SSSR count). The summed E-state index contributed by atoms with van der Waals surface area (Å²) in [6.07, 6.45) is 5.33. The summed E-state index contributed by atoms with van der Waals surface area (Å²) in [6, 6.07) is 0.240. The maximum Gasteiger partial charge on any atom is 0.116 e. The highest BCUT2D eigenvalue weighted by atomic mass is 127. The average Bonchev–Trinajstić information content (AvgIpc) is 3.16. The van der Waals surface area contributed by atoms with Gasteiger partial charge in [0.05, 0.1) is 5.71 Å². The lowest BCUT2D eigenvalue weighted by Crippen LogP contribution is -2.28. The van der Waals surface area contributed by atoms with Crippen LogP contribution in [0.3, 0.4) is 0 Å². The zero-order valence-electron chi connectivity index (χ0n) is 11.0. The molecular weight excluding hydrogens is 341 g/mol. The molecule has 0 heterocycles. The van der Waals surface area contributed by atoms with Crippen LogP contribution >= 0.6 is 22.6 Å². The molecule has 0 bridgehead atoms.